The monoisotopic (exact) mass is 293 g/mol. The quantitative estimate of drug-likeness (QED) is 0.758. The fourth-order valence-electron chi connectivity index (χ4n) is 1.60. The molecule has 1 heterocycles. The molecule has 0 aliphatic rings. The number of nitrogens with one attached hydrogen (secondary N) is 1. The number of carbonyl (C=O) groups is 1. The fraction of sp³-hybridized carbons (Fsp3) is 0.214. The Morgan fingerprint density at radius 2 is 2.20 bits per heavy atom. The minimum absolute atomic E-state index is 0.145. The molecule has 5 nitrogen and oxygen atoms in total. The summed E-state index contributed by atoms with van der Waals surface area (Å²) in [6.45, 7) is 0.419. The SMILES string of the molecule is O=C(NCCO)c1ccc(OCc2ccsc2)cc1O. The standard InChI is InChI=1S/C14H15NO4S/c16-5-4-15-14(18)12-2-1-11(7-13(12)17)19-8-10-3-6-20-9-10/h1-3,6-7,9,16-17H,4-5,8H2,(H,15,18). The van der Waals surface area contributed by atoms with Gasteiger partial charge in [0.1, 0.15) is 18.1 Å². The predicted octanol–water partition coefficient (Wildman–Crippen LogP) is 1.75. The van der Waals surface area contributed by atoms with Crippen LogP contribution in [0.15, 0.2) is 35.0 Å². The summed E-state index contributed by atoms with van der Waals surface area (Å²) >= 11 is 1.59. The molecule has 0 atom stereocenters. The summed E-state index contributed by atoms with van der Waals surface area (Å²) in [5.41, 5.74) is 1.21. The number of hydrogen-bond acceptors (Lipinski definition) is 5. The van der Waals surface area contributed by atoms with Crippen LogP contribution in [-0.2, 0) is 6.61 Å². The Bertz CT molecular complexity index is 569. The van der Waals surface area contributed by atoms with Crippen LogP contribution in [0.3, 0.4) is 0 Å². The van der Waals surface area contributed by atoms with Crippen LogP contribution in [0.5, 0.6) is 11.5 Å². The van der Waals surface area contributed by atoms with Gasteiger partial charge in [0, 0.05) is 12.6 Å². The summed E-state index contributed by atoms with van der Waals surface area (Å²) in [6, 6.07) is 6.48. The van der Waals surface area contributed by atoms with E-state index in [2.05, 4.69) is 5.32 Å². The van der Waals surface area contributed by atoms with Crippen LogP contribution in [0.2, 0.25) is 0 Å². The van der Waals surface area contributed by atoms with Crippen molar-refractivity contribution in [2.24, 2.45) is 0 Å². The van der Waals surface area contributed by atoms with E-state index in [9.17, 15) is 9.90 Å². The van der Waals surface area contributed by atoms with E-state index in [1.165, 1.54) is 12.1 Å². The van der Waals surface area contributed by atoms with Gasteiger partial charge in [-0.25, -0.2) is 0 Å². The van der Waals surface area contributed by atoms with Crippen molar-refractivity contribution in [3.05, 3.63) is 46.2 Å². The van der Waals surface area contributed by atoms with Crippen molar-refractivity contribution in [1.29, 1.82) is 0 Å². The highest BCUT2D eigenvalue weighted by Gasteiger charge is 2.11. The van der Waals surface area contributed by atoms with Gasteiger partial charge in [-0.05, 0) is 34.5 Å². The van der Waals surface area contributed by atoms with Gasteiger partial charge in [-0.1, -0.05) is 0 Å². The van der Waals surface area contributed by atoms with Crippen molar-refractivity contribution in [3.63, 3.8) is 0 Å². The number of carbonyl (C=O) groups excluding carboxylic acids is 1. The van der Waals surface area contributed by atoms with Crippen molar-refractivity contribution in [2.45, 2.75) is 6.61 Å². The van der Waals surface area contributed by atoms with Crippen LogP contribution in [0.4, 0.5) is 0 Å². The molecule has 0 aliphatic heterocycles. The second-order valence-electron chi connectivity index (χ2n) is 4.08. The third-order valence-electron chi connectivity index (χ3n) is 2.60. The molecule has 1 aromatic carbocycles. The first-order valence-electron chi connectivity index (χ1n) is 6.06. The Kier molecular flexibility index (Phi) is 4.97. The maximum Gasteiger partial charge on any atom is 0.255 e. The maximum absolute atomic E-state index is 11.7. The van der Waals surface area contributed by atoms with Crippen molar-refractivity contribution < 1.29 is 19.7 Å². The topological polar surface area (TPSA) is 78.8 Å². The second-order valence-corrected chi connectivity index (χ2v) is 4.86. The highest BCUT2D eigenvalue weighted by atomic mass is 32.1. The Morgan fingerprint density at radius 1 is 1.35 bits per heavy atom. The minimum atomic E-state index is -0.430. The Balaban J connectivity index is 2.00. The highest BCUT2D eigenvalue weighted by Crippen LogP contribution is 2.24. The number of aliphatic hydroxyl groups excluding tert-OH is 1. The number of amides is 1. The van der Waals surface area contributed by atoms with Crippen molar-refractivity contribution >= 4 is 17.2 Å². The summed E-state index contributed by atoms with van der Waals surface area (Å²) in [6.07, 6.45) is 0. The molecule has 1 amide bonds. The van der Waals surface area contributed by atoms with E-state index in [0.717, 1.165) is 5.56 Å². The second kappa shape index (κ2) is 6.93. The van der Waals surface area contributed by atoms with Gasteiger partial charge in [0.15, 0.2) is 0 Å². The normalized spacial score (nSPS) is 10.2. The Hall–Kier alpha value is -2.05. The highest BCUT2D eigenvalue weighted by molar-refractivity contribution is 7.07. The number of phenols is 1. The van der Waals surface area contributed by atoms with Crippen LogP contribution < -0.4 is 10.1 Å². The zero-order valence-corrected chi connectivity index (χ0v) is 11.5. The molecular weight excluding hydrogens is 278 g/mol. The zero-order valence-electron chi connectivity index (χ0n) is 10.7. The molecule has 0 fully saturated rings. The van der Waals surface area contributed by atoms with E-state index in [0.29, 0.717) is 12.4 Å². The van der Waals surface area contributed by atoms with Crippen molar-refractivity contribution in [2.75, 3.05) is 13.2 Å². The molecule has 0 saturated carbocycles. The van der Waals surface area contributed by atoms with Crippen molar-refractivity contribution in [3.8, 4) is 11.5 Å². The van der Waals surface area contributed by atoms with Gasteiger partial charge in [0.05, 0.1) is 12.2 Å². The third-order valence-corrected chi connectivity index (χ3v) is 3.33. The lowest BCUT2D eigenvalue weighted by molar-refractivity contribution is 0.0942. The summed E-state index contributed by atoms with van der Waals surface area (Å²) in [4.78, 5) is 11.7. The average molecular weight is 293 g/mol. The number of aromatic hydroxyl groups is 1. The molecule has 106 valence electrons. The van der Waals surface area contributed by atoms with Gasteiger partial charge in [-0.3, -0.25) is 4.79 Å². The first kappa shape index (κ1) is 14.4. The number of rotatable bonds is 6. The Morgan fingerprint density at radius 3 is 2.85 bits per heavy atom. The zero-order chi connectivity index (χ0) is 14.4. The van der Waals surface area contributed by atoms with Crippen LogP contribution in [0.25, 0.3) is 0 Å². The molecule has 0 radical (unpaired) electrons. The average Bonchev–Trinajstić information content (AvgIpc) is 2.96. The van der Waals surface area contributed by atoms with Gasteiger partial charge in [0.2, 0.25) is 0 Å². The molecular formula is C14H15NO4S. The third kappa shape index (κ3) is 3.72. The van der Waals surface area contributed by atoms with Gasteiger partial charge >= 0.3 is 0 Å². The smallest absolute Gasteiger partial charge is 0.255 e. The summed E-state index contributed by atoms with van der Waals surface area (Å²) < 4.78 is 5.52. The van der Waals surface area contributed by atoms with E-state index in [1.807, 2.05) is 16.8 Å². The minimum Gasteiger partial charge on any atom is -0.507 e. The summed E-state index contributed by atoms with van der Waals surface area (Å²) in [7, 11) is 0. The van der Waals surface area contributed by atoms with Crippen LogP contribution in [0.1, 0.15) is 15.9 Å². The number of benzene rings is 1. The molecule has 0 aliphatic carbocycles. The van der Waals surface area contributed by atoms with Crippen LogP contribution in [0, 0.1) is 0 Å². The maximum atomic E-state index is 11.7. The van der Waals surface area contributed by atoms with Gasteiger partial charge < -0.3 is 20.3 Å². The molecule has 0 saturated heterocycles. The number of hydrogen-bond donors (Lipinski definition) is 3. The molecule has 2 rings (SSSR count). The molecule has 0 spiro atoms. The number of phenolic OH excluding ortho intramolecular Hbond substituents is 1. The van der Waals surface area contributed by atoms with Crippen LogP contribution >= 0.6 is 11.3 Å². The largest absolute Gasteiger partial charge is 0.507 e. The molecule has 1 aromatic heterocycles. The lowest BCUT2D eigenvalue weighted by Gasteiger charge is -2.09. The first-order valence-corrected chi connectivity index (χ1v) is 7.01. The van der Waals surface area contributed by atoms with Crippen LogP contribution in [-0.4, -0.2) is 29.3 Å². The van der Waals surface area contributed by atoms with E-state index < -0.39 is 5.91 Å². The van der Waals surface area contributed by atoms with E-state index in [-0.39, 0.29) is 24.5 Å². The molecule has 20 heavy (non-hydrogen) atoms. The molecule has 0 bridgehead atoms. The van der Waals surface area contributed by atoms with E-state index in [4.69, 9.17) is 9.84 Å². The molecule has 0 unspecified atom stereocenters. The first-order chi connectivity index (χ1) is 9.70. The van der Waals surface area contributed by atoms with Gasteiger partial charge in [0.25, 0.3) is 5.91 Å². The van der Waals surface area contributed by atoms with Crippen molar-refractivity contribution in [1.82, 2.24) is 5.32 Å². The lowest BCUT2D eigenvalue weighted by Crippen LogP contribution is -2.26. The molecule has 3 N–H and O–H groups in total. The number of ether oxygens (including phenoxy) is 1. The lowest BCUT2D eigenvalue weighted by atomic mass is 10.2. The Labute approximate surface area is 120 Å². The summed E-state index contributed by atoms with van der Waals surface area (Å²) in [5.74, 6) is -0.0865. The van der Waals surface area contributed by atoms with Gasteiger partial charge in [-0.2, -0.15) is 11.3 Å². The summed E-state index contributed by atoms with van der Waals surface area (Å²) in [5, 5.41) is 24.9. The fourth-order valence-corrected chi connectivity index (χ4v) is 2.25. The van der Waals surface area contributed by atoms with E-state index in [1.54, 1.807) is 17.4 Å². The molecule has 2 aromatic rings. The number of thiophene rings is 1. The molecule has 6 heteroatoms. The van der Waals surface area contributed by atoms with E-state index >= 15 is 0 Å². The predicted molar refractivity (Wildman–Crippen MR) is 76.2 cm³/mol. The number of aliphatic hydroxyl groups is 1. The van der Waals surface area contributed by atoms with Gasteiger partial charge in [-0.15, -0.1) is 0 Å².